The molecule has 0 saturated carbocycles. The summed E-state index contributed by atoms with van der Waals surface area (Å²) >= 11 is 0. The smallest absolute Gasteiger partial charge is 0.0450 e. The molecule has 1 aromatic rings. The molecule has 1 aromatic heterocycles. The number of hydrogen-bond donors (Lipinski definition) is 0. The van der Waals surface area contributed by atoms with Crippen LogP contribution in [-0.2, 0) is 6.42 Å². The molecule has 3 rings (SSSR count). The Labute approximate surface area is 90.5 Å². The first-order valence-electron chi connectivity index (χ1n) is 5.66. The van der Waals surface area contributed by atoms with Crippen LogP contribution >= 0.6 is 0 Å². The lowest BCUT2D eigenvalue weighted by Gasteiger charge is -2.35. The normalized spacial score (nSPS) is 30.3. The van der Waals surface area contributed by atoms with Gasteiger partial charge in [0.25, 0.3) is 0 Å². The lowest BCUT2D eigenvalue weighted by atomic mass is 9.70. The minimum absolute atomic E-state index is 0.599. The van der Waals surface area contributed by atoms with Crippen molar-refractivity contribution in [1.29, 1.82) is 0 Å². The zero-order valence-corrected chi connectivity index (χ0v) is 8.98. The lowest BCUT2D eigenvalue weighted by molar-refractivity contribution is 0.568. The Bertz CT molecular complexity index is 442. The number of rotatable bonds is 0. The summed E-state index contributed by atoms with van der Waals surface area (Å²) in [4.78, 5) is 4.51. The van der Waals surface area contributed by atoms with Crippen LogP contribution in [-0.4, -0.2) is 4.98 Å². The first-order chi connectivity index (χ1) is 7.40. The molecular weight excluding hydrogens is 182 g/mol. The van der Waals surface area contributed by atoms with Gasteiger partial charge in [-0.1, -0.05) is 29.9 Å². The van der Waals surface area contributed by atoms with E-state index in [1.165, 1.54) is 11.3 Å². The molecule has 2 aliphatic carbocycles. The lowest BCUT2D eigenvalue weighted by Crippen LogP contribution is -2.24. The third-order valence-corrected chi connectivity index (χ3v) is 3.62. The predicted octanol–water partition coefficient (Wildman–Crippen LogP) is 3.24. The molecule has 0 spiro atoms. The van der Waals surface area contributed by atoms with Gasteiger partial charge < -0.3 is 0 Å². The summed E-state index contributed by atoms with van der Waals surface area (Å²) in [6, 6.07) is 4.30. The molecule has 2 unspecified atom stereocenters. The molecule has 0 fully saturated rings. The van der Waals surface area contributed by atoms with Crippen molar-refractivity contribution in [3.8, 4) is 0 Å². The summed E-state index contributed by atoms with van der Waals surface area (Å²) in [6.07, 6.45) is 11.1. The summed E-state index contributed by atoms with van der Waals surface area (Å²) in [5.41, 5.74) is 4.35. The van der Waals surface area contributed by atoms with E-state index in [0.717, 1.165) is 12.8 Å². The summed E-state index contributed by atoms with van der Waals surface area (Å²) in [6.45, 7) is 2.16. The molecule has 0 radical (unpaired) electrons. The second-order valence-electron chi connectivity index (χ2n) is 4.36. The maximum Gasteiger partial charge on any atom is 0.0450 e. The maximum atomic E-state index is 4.51. The van der Waals surface area contributed by atoms with Crippen molar-refractivity contribution in [3.63, 3.8) is 0 Å². The largest absolute Gasteiger partial charge is 0.261 e. The second kappa shape index (κ2) is 3.34. The summed E-state index contributed by atoms with van der Waals surface area (Å²) < 4.78 is 0. The molecular formula is C14H15N. The van der Waals surface area contributed by atoms with E-state index < -0.39 is 0 Å². The Morgan fingerprint density at radius 1 is 1.47 bits per heavy atom. The van der Waals surface area contributed by atoms with E-state index in [-0.39, 0.29) is 0 Å². The number of fused-ring (bicyclic) bond motifs is 4. The van der Waals surface area contributed by atoms with Gasteiger partial charge in [0.2, 0.25) is 0 Å². The van der Waals surface area contributed by atoms with Gasteiger partial charge in [-0.3, -0.25) is 4.98 Å². The van der Waals surface area contributed by atoms with Crippen LogP contribution < -0.4 is 0 Å². The van der Waals surface area contributed by atoms with Crippen LogP contribution in [0.4, 0.5) is 0 Å². The molecule has 0 aromatic carbocycles. The monoisotopic (exact) mass is 197 g/mol. The molecule has 1 nitrogen and oxygen atoms in total. The number of pyridine rings is 1. The van der Waals surface area contributed by atoms with E-state index in [2.05, 4.69) is 42.3 Å². The highest BCUT2D eigenvalue weighted by atomic mass is 14.7. The second-order valence-corrected chi connectivity index (χ2v) is 4.36. The van der Waals surface area contributed by atoms with E-state index >= 15 is 0 Å². The van der Waals surface area contributed by atoms with Crippen LogP contribution in [0, 0.1) is 5.92 Å². The average molecular weight is 197 g/mol. The molecule has 1 heteroatoms. The van der Waals surface area contributed by atoms with Crippen molar-refractivity contribution in [2.75, 3.05) is 0 Å². The molecule has 2 atom stereocenters. The van der Waals surface area contributed by atoms with E-state index in [4.69, 9.17) is 0 Å². The molecule has 15 heavy (non-hydrogen) atoms. The molecule has 0 aliphatic heterocycles. The topological polar surface area (TPSA) is 12.9 Å². The molecule has 0 N–H and O–H groups in total. The summed E-state index contributed by atoms with van der Waals surface area (Å²) in [7, 11) is 0. The van der Waals surface area contributed by atoms with E-state index in [1.807, 2.05) is 6.20 Å². The van der Waals surface area contributed by atoms with Crippen LogP contribution in [0.1, 0.15) is 30.5 Å². The van der Waals surface area contributed by atoms with Gasteiger partial charge in [-0.25, -0.2) is 0 Å². The van der Waals surface area contributed by atoms with Gasteiger partial charge in [0.15, 0.2) is 0 Å². The number of aromatic nitrogens is 1. The molecule has 76 valence electrons. The maximum absolute atomic E-state index is 4.51. The van der Waals surface area contributed by atoms with E-state index in [1.54, 1.807) is 5.57 Å². The van der Waals surface area contributed by atoms with Crippen molar-refractivity contribution in [3.05, 3.63) is 53.4 Å². The van der Waals surface area contributed by atoms with Gasteiger partial charge in [0, 0.05) is 23.7 Å². The fourth-order valence-electron chi connectivity index (χ4n) is 2.94. The van der Waals surface area contributed by atoms with Gasteiger partial charge in [0.05, 0.1) is 0 Å². The molecule has 0 saturated heterocycles. The first-order valence-corrected chi connectivity index (χ1v) is 5.66. The van der Waals surface area contributed by atoms with Gasteiger partial charge in [-0.2, -0.15) is 0 Å². The number of nitrogens with zero attached hydrogens (tertiary/aromatic N) is 1. The van der Waals surface area contributed by atoms with Crippen molar-refractivity contribution < 1.29 is 0 Å². The first kappa shape index (κ1) is 8.90. The van der Waals surface area contributed by atoms with Crippen LogP contribution in [0.15, 0.2) is 42.1 Å². The van der Waals surface area contributed by atoms with Crippen molar-refractivity contribution in [2.24, 2.45) is 5.92 Å². The predicted molar refractivity (Wildman–Crippen MR) is 61.7 cm³/mol. The highest BCUT2D eigenvalue weighted by Gasteiger charge is 2.31. The minimum Gasteiger partial charge on any atom is -0.261 e. The van der Waals surface area contributed by atoms with Gasteiger partial charge in [-0.05, 0) is 31.4 Å². The quantitative estimate of drug-likeness (QED) is 0.582. The average Bonchev–Trinajstić information content (AvgIpc) is 2.28. The Hall–Kier alpha value is -1.37. The Morgan fingerprint density at radius 3 is 3.27 bits per heavy atom. The van der Waals surface area contributed by atoms with Crippen molar-refractivity contribution in [1.82, 2.24) is 4.98 Å². The van der Waals surface area contributed by atoms with Crippen LogP contribution in [0.2, 0.25) is 0 Å². The highest BCUT2D eigenvalue weighted by molar-refractivity contribution is 5.42. The zero-order chi connectivity index (χ0) is 10.3. The van der Waals surface area contributed by atoms with Crippen molar-refractivity contribution in [2.45, 2.75) is 25.7 Å². The van der Waals surface area contributed by atoms with E-state index in [0.29, 0.717) is 11.8 Å². The fraction of sp³-hybridized carbons (Fsp3) is 0.357. The standard InChI is InChI=1S/C14H15N/c1-2-11-10-5-3-6-12(11)13-7-4-8-15-14(13)9-10/h2-5,7-8,10,12H,6,9H2,1H3/b11-2+. The molecule has 1 heterocycles. The Morgan fingerprint density at radius 2 is 2.40 bits per heavy atom. The zero-order valence-electron chi connectivity index (χ0n) is 8.98. The van der Waals surface area contributed by atoms with Gasteiger partial charge >= 0.3 is 0 Å². The number of hydrogen-bond acceptors (Lipinski definition) is 1. The van der Waals surface area contributed by atoms with Crippen LogP contribution in [0.5, 0.6) is 0 Å². The third kappa shape index (κ3) is 1.26. The summed E-state index contributed by atoms with van der Waals surface area (Å²) in [5, 5.41) is 0. The highest BCUT2D eigenvalue weighted by Crippen LogP contribution is 2.43. The Balaban J connectivity index is 2.17. The Kier molecular flexibility index (Phi) is 1.98. The molecule has 2 aliphatic rings. The van der Waals surface area contributed by atoms with E-state index in [9.17, 15) is 0 Å². The third-order valence-electron chi connectivity index (χ3n) is 3.62. The molecule has 0 amide bonds. The van der Waals surface area contributed by atoms with Gasteiger partial charge in [-0.15, -0.1) is 0 Å². The summed E-state index contributed by atoms with van der Waals surface area (Å²) in [5.74, 6) is 1.21. The van der Waals surface area contributed by atoms with Gasteiger partial charge in [0.1, 0.15) is 0 Å². The minimum atomic E-state index is 0.599. The number of allylic oxidation sites excluding steroid dienone is 4. The van der Waals surface area contributed by atoms with Crippen LogP contribution in [0.25, 0.3) is 0 Å². The molecule has 2 bridgehead atoms. The SMILES string of the molecule is C/C=C1\C2C=CCC1c1cccnc1C2. The fourth-order valence-corrected chi connectivity index (χ4v) is 2.94. The van der Waals surface area contributed by atoms with Crippen LogP contribution in [0.3, 0.4) is 0 Å². The van der Waals surface area contributed by atoms with Crippen molar-refractivity contribution >= 4 is 0 Å².